The fourth-order valence-corrected chi connectivity index (χ4v) is 3.91. The van der Waals surface area contributed by atoms with Gasteiger partial charge in [0.15, 0.2) is 0 Å². The van der Waals surface area contributed by atoms with Crippen molar-refractivity contribution in [1.82, 2.24) is 24.6 Å². The largest absolute Gasteiger partial charge is 0.339 e. The standard InChI is InChI=1S/C20H28ClN5O/c1-5-26-18(13-24(3)4)22-23-19(26)15-8-10-25(11-9-15)20(27)16-12-14(2)6-7-17(16)21/h6-7,12,15H,5,8-11,13H2,1-4H3. The molecule has 3 rings (SSSR count). The van der Waals surface area contributed by atoms with Crippen molar-refractivity contribution in [3.63, 3.8) is 0 Å². The van der Waals surface area contributed by atoms with Gasteiger partial charge in [-0.1, -0.05) is 23.2 Å². The van der Waals surface area contributed by atoms with Crippen LogP contribution in [0.3, 0.4) is 0 Å². The predicted octanol–water partition coefficient (Wildman–Crippen LogP) is 3.34. The summed E-state index contributed by atoms with van der Waals surface area (Å²) in [6.07, 6.45) is 1.80. The first kappa shape index (κ1) is 19.8. The molecule has 1 amide bonds. The third kappa shape index (κ3) is 4.33. The molecule has 1 aliphatic heterocycles. The number of hydrogen-bond donors (Lipinski definition) is 0. The molecular formula is C20H28ClN5O. The van der Waals surface area contributed by atoms with Crippen LogP contribution >= 0.6 is 11.6 Å². The second kappa shape index (κ2) is 8.40. The monoisotopic (exact) mass is 389 g/mol. The molecule has 1 fully saturated rings. The Kier molecular flexibility index (Phi) is 6.17. The third-order valence-corrected chi connectivity index (χ3v) is 5.46. The fourth-order valence-electron chi connectivity index (χ4n) is 3.71. The van der Waals surface area contributed by atoms with Gasteiger partial charge in [0.1, 0.15) is 11.6 Å². The quantitative estimate of drug-likeness (QED) is 0.787. The van der Waals surface area contributed by atoms with Gasteiger partial charge in [-0.15, -0.1) is 10.2 Å². The zero-order valence-corrected chi connectivity index (χ0v) is 17.3. The van der Waals surface area contributed by atoms with Crippen molar-refractivity contribution >= 4 is 17.5 Å². The van der Waals surface area contributed by atoms with Crippen LogP contribution in [0.1, 0.15) is 53.3 Å². The summed E-state index contributed by atoms with van der Waals surface area (Å²) in [4.78, 5) is 16.9. The predicted molar refractivity (Wildman–Crippen MR) is 107 cm³/mol. The van der Waals surface area contributed by atoms with Gasteiger partial charge in [0, 0.05) is 25.6 Å². The van der Waals surface area contributed by atoms with E-state index in [1.807, 2.05) is 38.1 Å². The van der Waals surface area contributed by atoms with Gasteiger partial charge < -0.3 is 14.4 Å². The number of amides is 1. The summed E-state index contributed by atoms with van der Waals surface area (Å²) >= 11 is 6.25. The highest BCUT2D eigenvalue weighted by Gasteiger charge is 2.29. The fraction of sp³-hybridized carbons (Fsp3) is 0.550. The van der Waals surface area contributed by atoms with Gasteiger partial charge in [-0.2, -0.15) is 0 Å². The van der Waals surface area contributed by atoms with Crippen LogP contribution in [-0.2, 0) is 13.1 Å². The van der Waals surface area contributed by atoms with E-state index in [4.69, 9.17) is 11.6 Å². The summed E-state index contributed by atoms with van der Waals surface area (Å²) in [6, 6.07) is 5.60. The smallest absolute Gasteiger partial charge is 0.255 e. The lowest BCUT2D eigenvalue weighted by molar-refractivity contribution is 0.0710. The van der Waals surface area contributed by atoms with Crippen molar-refractivity contribution < 1.29 is 4.79 Å². The molecule has 0 radical (unpaired) electrons. The van der Waals surface area contributed by atoms with Gasteiger partial charge in [0.25, 0.3) is 5.91 Å². The van der Waals surface area contributed by atoms with Gasteiger partial charge in [-0.3, -0.25) is 4.79 Å². The lowest BCUT2D eigenvalue weighted by Gasteiger charge is -2.32. The number of aromatic nitrogens is 3. The molecule has 1 aromatic heterocycles. The van der Waals surface area contributed by atoms with Crippen LogP contribution in [0.2, 0.25) is 5.02 Å². The summed E-state index contributed by atoms with van der Waals surface area (Å²) in [5, 5.41) is 9.40. The highest BCUT2D eigenvalue weighted by atomic mass is 35.5. The van der Waals surface area contributed by atoms with Gasteiger partial charge >= 0.3 is 0 Å². The molecule has 6 nitrogen and oxygen atoms in total. The van der Waals surface area contributed by atoms with E-state index in [0.717, 1.165) is 43.1 Å². The third-order valence-electron chi connectivity index (χ3n) is 5.13. The lowest BCUT2D eigenvalue weighted by atomic mass is 9.95. The number of carbonyl (C=O) groups excluding carboxylic acids is 1. The van der Waals surface area contributed by atoms with Crippen LogP contribution in [0.15, 0.2) is 18.2 Å². The molecule has 0 unspecified atom stereocenters. The SMILES string of the molecule is CCn1c(CN(C)C)nnc1C1CCN(C(=O)c2cc(C)ccc2Cl)CC1. The molecule has 0 spiro atoms. The van der Waals surface area contributed by atoms with Crippen molar-refractivity contribution in [3.8, 4) is 0 Å². The van der Waals surface area contributed by atoms with Gasteiger partial charge in [0.05, 0.1) is 17.1 Å². The second-order valence-corrected chi connectivity index (χ2v) is 7.91. The summed E-state index contributed by atoms with van der Waals surface area (Å²) in [6.45, 7) is 7.18. The molecule has 0 saturated carbocycles. The summed E-state index contributed by atoms with van der Waals surface area (Å²) in [5.74, 6) is 2.41. The van der Waals surface area contributed by atoms with Crippen LogP contribution in [0, 0.1) is 6.92 Å². The molecule has 1 saturated heterocycles. The lowest BCUT2D eigenvalue weighted by Crippen LogP contribution is -2.38. The van der Waals surface area contributed by atoms with Crippen molar-refractivity contribution in [2.75, 3.05) is 27.2 Å². The molecule has 0 N–H and O–H groups in total. The Labute approximate surface area is 166 Å². The van der Waals surface area contributed by atoms with E-state index >= 15 is 0 Å². The molecule has 0 bridgehead atoms. The summed E-state index contributed by atoms with van der Waals surface area (Å²) in [7, 11) is 4.07. The van der Waals surface area contributed by atoms with Crippen LogP contribution in [-0.4, -0.2) is 57.7 Å². The molecule has 0 aliphatic carbocycles. The number of benzene rings is 1. The van der Waals surface area contributed by atoms with E-state index in [2.05, 4.69) is 26.6 Å². The van der Waals surface area contributed by atoms with Crippen molar-refractivity contribution in [3.05, 3.63) is 46.0 Å². The molecule has 7 heteroatoms. The Morgan fingerprint density at radius 3 is 2.59 bits per heavy atom. The number of carbonyl (C=O) groups is 1. The van der Waals surface area contributed by atoms with Crippen LogP contribution in [0.5, 0.6) is 0 Å². The van der Waals surface area contributed by atoms with E-state index in [9.17, 15) is 4.79 Å². The maximum absolute atomic E-state index is 12.9. The number of rotatable bonds is 5. The summed E-state index contributed by atoms with van der Waals surface area (Å²) in [5.41, 5.74) is 1.64. The first-order valence-electron chi connectivity index (χ1n) is 9.52. The zero-order valence-electron chi connectivity index (χ0n) is 16.6. The van der Waals surface area contributed by atoms with Crippen LogP contribution in [0.25, 0.3) is 0 Å². The van der Waals surface area contributed by atoms with E-state index in [-0.39, 0.29) is 5.91 Å². The number of hydrogen-bond acceptors (Lipinski definition) is 4. The molecule has 1 aliphatic rings. The minimum absolute atomic E-state index is 0.0207. The molecule has 27 heavy (non-hydrogen) atoms. The van der Waals surface area contributed by atoms with Crippen molar-refractivity contribution in [1.29, 1.82) is 0 Å². The van der Waals surface area contributed by atoms with Gasteiger partial charge in [-0.25, -0.2) is 0 Å². The van der Waals surface area contributed by atoms with E-state index in [0.29, 0.717) is 29.6 Å². The normalized spacial score (nSPS) is 15.6. The van der Waals surface area contributed by atoms with E-state index in [1.165, 1.54) is 0 Å². The molecule has 2 aromatic rings. The van der Waals surface area contributed by atoms with Gasteiger partial charge in [-0.05, 0) is 52.9 Å². The molecule has 0 atom stereocenters. The zero-order chi connectivity index (χ0) is 19.6. The number of likely N-dealkylation sites (tertiary alicyclic amines) is 1. The van der Waals surface area contributed by atoms with Crippen LogP contribution < -0.4 is 0 Å². The average molecular weight is 390 g/mol. The molecule has 1 aromatic carbocycles. The summed E-state index contributed by atoms with van der Waals surface area (Å²) < 4.78 is 2.22. The van der Waals surface area contributed by atoms with E-state index < -0.39 is 0 Å². The van der Waals surface area contributed by atoms with Gasteiger partial charge in [0.2, 0.25) is 0 Å². The highest BCUT2D eigenvalue weighted by Crippen LogP contribution is 2.29. The number of nitrogens with zero attached hydrogens (tertiary/aromatic N) is 5. The van der Waals surface area contributed by atoms with Crippen molar-refractivity contribution in [2.45, 2.75) is 45.7 Å². The Balaban J connectivity index is 1.69. The van der Waals surface area contributed by atoms with E-state index in [1.54, 1.807) is 6.07 Å². The first-order valence-corrected chi connectivity index (χ1v) is 9.90. The molecule has 146 valence electrons. The van der Waals surface area contributed by atoms with Crippen molar-refractivity contribution in [2.24, 2.45) is 0 Å². The topological polar surface area (TPSA) is 54.3 Å². The number of halogens is 1. The Bertz CT molecular complexity index is 809. The Morgan fingerprint density at radius 2 is 1.96 bits per heavy atom. The molecule has 2 heterocycles. The van der Waals surface area contributed by atoms with Crippen LogP contribution in [0.4, 0.5) is 0 Å². The second-order valence-electron chi connectivity index (χ2n) is 7.51. The Hall–Kier alpha value is -1.92. The number of aryl methyl sites for hydroxylation is 1. The average Bonchev–Trinajstić information content (AvgIpc) is 3.05. The minimum Gasteiger partial charge on any atom is -0.339 e. The maximum atomic E-state index is 12.9. The molecular weight excluding hydrogens is 362 g/mol. The maximum Gasteiger partial charge on any atom is 0.255 e. The highest BCUT2D eigenvalue weighted by molar-refractivity contribution is 6.33. The Morgan fingerprint density at radius 1 is 1.26 bits per heavy atom. The first-order chi connectivity index (χ1) is 12.9. The minimum atomic E-state index is 0.0207. The number of piperidine rings is 1.